The van der Waals surface area contributed by atoms with Crippen LogP contribution in [0.4, 0.5) is 16.3 Å². The van der Waals surface area contributed by atoms with E-state index in [1.54, 1.807) is 4.90 Å². The van der Waals surface area contributed by atoms with Gasteiger partial charge in [-0.25, -0.2) is 19.4 Å². The number of aromatic nitrogens is 4. The number of hydrogen-bond donors (Lipinski definition) is 1. The van der Waals surface area contributed by atoms with Crippen LogP contribution in [-0.2, 0) is 11.2 Å². The van der Waals surface area contributed by atoms with Crippen LogP contribution < -0.4 is 10.6 Å². The maximum Gasteiger partial charge on any atom is 0.414 e. The number of piperazine rings is 1. The van der Waals surface area contributed by atoms with E-state index in [-0.39, 0.29) is 18.2 Å². The van der Waals surface area contributed by atoms with Gasteiger partial charge in [-0.3, -0.25) is 9.80 Å². The highest BCUT2D eigenvalue weighted by atomic mass is 16.6. The van der Waals surface area contributed by atoms with Gasteiger partial charge in [-0.1, -0.05) is 42.5 Å². The third-order valence-electron chi connectivity index (χ3n) is 9.22. The van der Waals surface area contributed by atoms with Crippen molar-refractivity contribution >= 4 is 28.6 Å². The molecule has 10 nitrogen and oxygen atoms in total. The van der Waals surface area contributed by atoms with Crippen molar-refractivity contribution in [3.63, 3.8) is 0 Å². The Kier molecular flexibility index (Phi) is 7.25. The van der Waals surface area contributed by atoms with Crippen LogP contribution in [0.2, 0.25) is 0 Å². The molecule has 1 saturated carbocycles. The molecule has 1 unspecified atom stereocenters. The van der Waals surface area contributed by atoms with Crippen molar-refractivity contribution in [2.24, 2.45) is 0 Å². The van der Waals surface area contributed by atoms with Gasteiger partial charge in [0.1, 0.15) is 23.9 Å². The van der Waals surface area contributed by atoms with E-state index in [2.05, 4.69) is 43.6 Å². The molecule has 2 saturated heterocycles. The van der Waals surface area contributed by atoms with Gasteiger partial charge in [0.15, 0.2) is 5.65 Å². The summed E-state index contributed by atoms with van der Waals surface area (Å²) in [5.74, 6) is 0.434. The third kappa shape index (κ3) is 5.20. The first-order valence-corrected chi connectivity index (χ1v) is 15.1. The molecule has 1 amide bonds. The van der Waals surface area contributed by atoms with E-state index in [1.807, 2.05) is 42.5 Å². The smallest absolute Gasteiger partial charge is 0.414 e. The van der Waals surface area contributed by atoms with Gasteiger partial charge in [0.05, 0.1) is 18.0 Å². The predicted octanol–water partition coefficient (Wildman–Crippen LogP) is 4.37. The number of nitrogens with zero attached hydrogens (tertiary/aromatic N) is 7. The topological polar surface area (TPSA) is 106 Å². The molecule has 7 rings (SSSR count). The summed E-state index contributed by atoms with van der Waals surface area (Å²) in [4.78, 5) is 28.4. The maximum absolute atomic E-state index is 12.7. The molecule has 2 aliphatic heterocycles. The molecule has 0 bridgehead atoms. The Morgan fingerprint density at radius 3 is 2.36 bits per heavy atom. The average Bonchev–Trinajstić information content (AvgIpc) is 3.59. The molecular weight excluding hydrogens is 528 g/mol. The van der Waals surface area contributed by atoms with E-state index in [0.29, 0.717) is 24.8 Å². The van der Waals surface area contributed by atoms with Crippen LogP contribution in [0.25, 0.3) is 22.3 Å². The van der Waals surface area contributed by atoms with Gasteiger partial charge in [-0.15, -0.1) is 0 Å². The van der Waals surface area contributed by atoms with Gasteiger partial charge in [0, 0.05) is 49.9 Å². The Balaban J connectivity index is 1.09. The van der Waals surface area contributed by atoms with Crippen molar-refractivity contribution in [3.05, 3.63) is 66.5 Å². The molecule has 2 aromatic heterocycles. The number of fused-ring (bicyclic) bond motifs is 1. The third-order valence-corrected chi connectivity index (χ3v) is 9.22. The molecule has 1 atom stereocenters. The minimum Gasteiger partial charge on any atom is -0.444 e. The number of amides is 1. The van der Waals surface area contributed by atoms with Crippen molar-refractivity contribution < 1.29 is 9.53 Å². The van der Waals surface area contributed by atoms with E-state index in [4.69, 9.17) is 15.6 Å². The monoisotopic (exact) mass is 566 g/mol. The van der Waals surface area contributed by atoms with Crippen molar-refractivity contribution in [3.8, 4) is 11.3 Å². The van der Waals surface area contributed by atoms with Crippen molar-refractivity contribution in [1.82, 2.24) is 29.5 Å². The van der Waals surface area contributed by atoms with Crippen molar-refractivity contribution in [2.75, 3.05) is 50.4 Å². The van der Waals surface area contributed by atoms with Gasteiger partial charge in [0.2, 0.25) is 0 Å². The highest BCUT2D eigenvalue weighted by molar-refractivity contribution is 5.98. The van der Waals surface area contributed by atoms with E-state index >= 15 is 0 Å². The molecule has 3 aliphatic rings. The molecule has 4 aromatic rings. The number of nitrogens with two attached hydrogens (primary N) is 1. The first-order chi connectivity index (χ1) is 20.5. The summed E-state index contributed by atoms with van der Waals surface area (Å²) < 4.78 is 7.76. The fraction of sp³-hybridized carbons (Fsp3) is 0.438. The normalized spacial score (nSPS) is 23.9. The van der Waals surface area contributed by atoms with Crippen LogP contribution in [-0.4, -0.2) is 87.6 Å². The predicted molar refractivity (Wildman–Crippen MR) is 163 cm³/mol. The fourth-order valence-corrected chi connectivity index (χ4v) is 6.82. The molecule has 10 heteroatoms. The Labute approximate surface area is 246 Å². The Morgan fingerprint density at radius 1 is 0.905 bits per heavy atom. The van der Waals surface area contributed by atoms with E-state index in [1.165, 1.54) is 6.33 Å². The highest BCUT2D eigenvalue weighted by Crippen LogP contribution is 2.37. The zero-order valence-electron chi connectivity index (χ0n) is 24.1. The number of ether oxygens (including phenoxy) is 1. The Morgan fingerprint density at radius 2 is 1.62 bits per heavy atom. The van der Waals surface area contributed by atoms with Gasteiger partial charge >= 0.3 is 6.09 Å². The minimum atomic E-state index is -0.316. The van der Waals surface area contributed by atoms with Crippen LogP contribution in [0.1, 0.15) is 37.3 Å². The summed E-state index contributed by atoms with van der Waals surface area (Å²) in [6.45, 7) is 5.12. The molecule has 0 spiro atoms. The minimum absolute atomic E-state index is 0.178. The number of likely N-dealkylation sites (N-methyl/N-ethyl adjacent to an activating group) is 1. The van der Waals surface area contributed by atoms with Gasteiger partial charge in [-0.2, -0.15) is 5.10 Å². The molecule has 0 radical (unpaired) electrons. The molecule has 4 heterocycles. The van der Waals surface area contributed by atoms with Crippen molar-refractivity contribution in [1.29, 1.82) is 0 Å². The first kappa shape index (κ1) is 26.9. The Hall–Kier alpha value is -4.02. The van der Waals surface area contributed by atoms with Crippen LogP contribution in [0.5, 0.6) is 0 Å². The molecule has 3 fully saturated rings. The second-order valence-electron chi connectivity index (χ2n) is 11.9. The number of carbonyl (C=O) groups excluding carboxylic acids is 1. The lowest BCUT2D eigenvalue weighted by Crippen LogP contribution is -2.49. The highest BCUT2D eigenvalue weighted by Gasteiger charge is 2.33. The molecular formula is C32H38N8O2. The van der Waals surface area contributed by atoms with Crippen LogP contribution in [0.15, 0.2) is 60.9 Å². The summed E-state index contributed by atoms with van der Waals surface area (Å²) in [5, 5.41) is 5.89. The number of hydrogen-bond acceptors (Lipinski definition) is 8. The lowest BCUT2D eigenvalue weighted by Gasteiger charge is -2.41. The summed E-state index contributed by atoms with van der Waals surface area (Å²) >= 11 is 0. The van der Waals surface area contributed by atoms with Gasteiger partial charge in [-0.05, 0) is 50.4 Å². The lowest BCUT2D eigenvalue weighted by atomic mass is 9.90. The summed E-state index contributed by atoms with van der Waals surface area (Å²) in [6.07, 6.45) is 6.19. The SMILES string of the molecule is CN1CCN(C2CCC(n3nc(-c4ccc(N5CC(Cc6ccccc6)OC5=O)cc4)c4c(N)ncnc43)CC2)CC1. The van der Waals surface area contributed by atoms with Gasteiger partial charge in [0.25, 0.3) is 0 Å². The standard InChI is InChI=1S/C32H38N8O2/c1-37-15-17-38(18-16-37)24-11-13-26(14-12-24)40-31-28(30(33)34-21-35-31)29(36-40)23-7-9-25(10-8-23)39-20-27(42-32(39)41)19-22-5-3-2-4-6-22/h2-10,21,24,26-27H,11-20H2,1H3,(H2,33,34,35). The van der Waals surface area contributed by atoms with Crippen LogP contribution in [0, 0.1) is 0 Å². The number of benzene rings is 2. The zero-order valence-corrected chi connectivity index (χ0v) is 24.1. The quantitative estimate of drug-likeness (QED) is 0.367. The zero-order chi connectivity index (χ0) is 28.6. The van der Waals surface area contributed by atoms with E-state index < -0.39 is 0 Å². The second kappa shape index (κ2) is 11.3. The molecule has 2 N–H and O–H groups in total. The maximum atomic E-state index is 12.7. The van der Waals surface area contributed by atoms with Crippen molar-refractivity contribution in [2.45, 2.75) is 50.3 Å². The number of nitrogen functional groups attached to an aromatic ring is 1. The number of cyclic esters (lactones) is 1. The number of anilines is 2. The Bertz CT molecular complexity index is 1540. The van der Waals surface area contributed by atoms with Crippen LogP contribution >= 0.6 is 0 Å². The molecule has 2 aromatic carbocycles. The van der Waals surface area contributed by atoms with Gasteiger partial charge < -0.3 is 15.4 Å². The summed E-state index contributed by atoms with van der Waals surface area (Å²) in [7, 11) is 2.21. The first-order valence-electron chi connectivity index (χ1n) is 15.1. The number of rotatable bonds is 6. The van der Waals surface area contributed by atoms with E-state index in [9.17, 15) is 4.79 Å². The van der Waals surface area contributed by atoms with E-state index in [0.717, 1.165) is 85.4 Å². The summed E-state index contributed by atoms with van der Waals surface area (Å²) in [5.41, 5.74) is 10.9. The lowest BCUT2D eigenvalue weighted by molar-refractivity contribution is 0.0815. The summed E-state index contributed by atoms with van der Waals surface area (Å²) in [6, 6.07) is 18.9. The molecule has 42 heavy (non-hydrogen) atoms. The largest absolute Gasteiger partial charge is 0.444 e. The average molecular weight is 567 g/mol. The molecule has 218 valence electrons. The molecule has 1 aliphatic carbocycles. The second-order valence-corrected chi connectivity index (χ2v) is 11.9. The fourth-order valence-electron chi connectivity index (χ4n) is 6.82. The number of carbonyl (C=O) groups is 1. The van der Waals surface area contributed by atoms with Crippen LogP contribution in [0.3, 0.4) is 0 Å².